The van der Waals surface area contributed by atoms with Crippen LogP contribution in [0.5, 0.6) is 0 Å². The lowest BCUT2D eigenvalue weighted by Gasteiger charge is -2.32. The van der Waals surface area contributed by atoms with Crippen LogP contribution in [0, 0.1) is 0 Å². The van der Waals surface area contributed by atoms with Gasteiger partial charge in [-0.15, -0.1) is 0 Å². The fourth-order valence-corrected chi connectivity index (χ4v) is 3.73. The van der Waals surface area contributed by atoms with Crippen LogP contribution in [0.1, 0.15) is 52.1 Å². The van der Waals surface area contributed by atoms with E-state index in [1.807, 2.05) is 27.7 Å². The second-order valence-corrected chi connectivity index (χ2v) is 7.95. The molecular weight excluding hydrogens is 335 g/mol. The van der Waals surface area contributed by atoms with E-state index < -0.39 is 24.4 Å². The number of carbonyl (C=O) groups is 1. The normalized spacial score (nSPS) is 24.5. The van der Waals surface area contributed by atoms with E-state index in [1.54, 1.807) is 12.5 Å². The highest BCUT2D eigenvalue weighted by atomic mass is 16.7. The maximum atomic E-state index is 11.7. The Hall–Kier alpha value is -2.13. The van der Waals surface area contributed by atoms with Gasteiger partial charge in [0.1, 0.15) is 5.52 Å². The molecule has 2 aromatic heterocycles. The molecule has 4 heterocycles. The van der Waals surface area contributed by atoms with Crippen molar-refractivity contribution in [2.45, 2.75) is 57.8 Å². The van der Waals surface area contributed by atoms with Gasteiger partial charge in [-0.1, -0.05) is 0 Å². The number of nitrogens with one attached hydrogen (secondary N) is 1. The van der Waals surface area contributed by atoms with Gasteiger partial charge < -0.3 is 24.3 Å². The van der Waals surface area contributed by atoms with E-state index in [-0.39, 0.29) is 6.04 Å². The summed E-state index contributed by atoms with van der Waals surface area (Å²) in [6.07, 6.45) is 3.93. The summed E-state index contributed by atoms with van der Waals surface area (Å²) in [5, 5.41) is 9.61. The van der Waals surface area contributed by atoms with Crippen LogP contribution in [-0.2, 0) is 9.31 Å². The Balaban J connectivity index is 1.85. The molecule has 0 bridgehead atoms. The predicted octanol–water partition coefficient (Wildman–Crippen LogP) is 2.07. The molecule has 0 radical (unpaired) electrons. The van der Waals surface area contributed by atoms with Gasteiger partial charge in [0.25, 0.3) is 0 Å². The number of aromatic amines is 1. The molecule has 26 heavy (non-hydrogen) atoms. The number of imidazole rings is 1. The number of amides is 1. The highest BCUT2D eigenvalue weighted by Gasteiger charge is 2.53. The van der Waals surface area contributed by atoms with Gasteiger partial charge in [-0.25, -0.2) is 14.8 Å². The summed E-state index contributed by atoms with van der Waals surface area (Å²) >= 11 is 0. The van der Waals surface area contributed by atoms with E-state index in [0.717, 1.165) is 23.9 Å². The SMILES string of the molecule is CC1(C)OB(c2cnc3[nH]cnc3c2C2CCCN2C(=O)O)OC1(C)C. The van der Waals surface area contributed by atoms with Gasteiger partial charge in [-0.05, 0) is 40.5 Å². The third-order valence-electron chi connectivity index (χ3n) is 5.86. The summed E-state index contributed by atoms with van der Waals surface area (Å²) in [7, 11) is -0.611. The van der Waals surface area contributed by atoms with Crippen molar-refractivity contribution in [3.8, 4) is 0 Å². The fraction of sp³-hybridized carbons (Fsp3) is 0.588. The van der Waals surface area contributed by atoms with Crippen molar-refractivity contribution in [3.63, 3.8) is 0 Å². The van der Waals surface area contributed by atoms with Crippen molar-refractivity contribution in [2.24, 2.45) is 0 Å². The minimum absolute atomic E-state index is 0.282. The largest absolute Gasteiger partial charge is 0.496 e. The zero-order valence-electron chi connectivity index (χ0n) is 15.4. The van der Waals surface area contributed by atoms with Crippen LogP contribution in [0.2, 0.25) is 0 Å². The van der Waals surface area contributed by atoms with Crippen molar-refractivity contribution in [1.29, 1.82) is 0 Å². The molecule has 2 aliphatic heterocycles. The van der Waals surface area contributed by atoms with Gasteiger partial charge in [-0.3, -0.25) is 0 Å². The minimum atomic E-state index is -0.923. The number of fused-ring (bicyclic) bond motifs is 1. The Kier molecular flexibility index (Phi) is 3.78. The van der Waals surface area contributed by atoms with Crippen LogP contribution in [0.3, 0.4) is 0 Å². The highest BCUT2D eigenvalue weighted by molar-refractivity contribution is 6.63. The molecule has 1 amide bonds. The smallest absolute Gasteiger partial charge is 0.465 e. The lowest BCUT2D eigenvalue weighted by atomic mass is 9.74. The molecule has 2 aliphatic rings. The third-order valence-corrected chi connectivity index (χ3v) is 5.86. The van der Waals surface area contributed by atoms with Gasteiger partial charge >= 0.3 is 13.2 Å². The minimum Gasteiger partial charge on any atom is -0.465 e. The molecule has 2 fully saturated rings. The summed E-state index contributed by atoms with van der Waals surface area (Å²) in [6, 6.07) is -0.282. The summed E-state index contributed by atoms with van der Waals surface area (Å²) < 4.78 is 12.4. The average Bonchev–Trinajstić information content (AvgIpc) is 3.24. The first-order chi connectivity index (χ1) is 12.2. The van der Waals surface area contributed by atoms with Gasteiger partial charge in [0, 0.05) is 23.8 Å². The van der Waals surface area contributed by atoms with Crippen LogP contribution in [0.4, 0.5) is 4.79 Å². The molecule has 138 valence electrons. The number of pyridine rings is 1. The van der Waals surface area contributed by atoms with Crippen LogP contribution in [-0.4, -0.2) is 55.9 Å². The standard InChI is InChI=1S/C17H23BN4O4/c1-16(2)17(3,4)26-18(25-16)10-8-19-14-13(20-9-21-14)12(10)11-6-5-7-22(11)15(23)24/h8-9,11H,5-7H2,1-4H3,(H,23,24)(H,19,20,21). The Bertz CT molecular complexity index is 850. The zero-order valence-corrected chi connectivity index (χ0v) is 15.4. The van der Waals surface area contributed by atoms with Crippen LogP contribution < -0.4 is 5.46 Å². The van der Waals surface area contributed by atoms with E-state index in [0.29, 0.717) is 17.7 Å². The quantitative estimate of drug-likeness (QED) is 0.797. The van der Waals surface area contributed by atoms with Crippen LogP contribution in [0.25, 0.3) is 11.2 Å². The molecule has 8 nitrogen and oxygen atoms in total. The van der Waals surface area contributed by atoms with Crippen LogP contribution >= 0.6 is 0 Å². The molecule has 9 heteroatoms. The summed E-state index contributed by atoms with van der Waals surface area (Å²) in [5.74, 6) is 0. The van der Waals surface area contributed by atoms with E-state index >= 15 is 0 Å². The third kappa shape index (κ3) is 2.49. The lowest BCUT2D eigenvalue weighted by molar-refractivity contribution is 0.00578. The molecule has 2 aromatic rings. The molecular formula is C17H23BN4O4. The predicted molar refractivity (Wildman–Crippen MR) is 96.3 cm³/mol. The van der Waals surface area contributed by atoms with Gasteiger partial charge in [0.15, 0.2) is 5.65 Å². The number of rotatable bonds is 2. The Labute approximate surface area is 152 Å². The molecule has 1 unspecified atom stereocenters. The molecule has 2 N–H and O–H groups in total. The average molecular weight is 358 g/mol. The van der Waals surface area contributed by atoms with Crippen LogP contribution in [0.15, 0.2) is 12.5 Å². The lowest BCUT2D eigenvalue weighted by Crippen LogP contribution is -2.41. The van der Waals surface area contributed by atoms with E-state index in [2.05, 4.69) is 15.0 Å². The number of hydrogen-bond donors (Lipinski definition) is 2. The van der Waals surface area contributed by atoms with E-state index in [9.17, 15) is 9.90 Å². The second-order valence-electron chi connectivity index (χ2n) is 7.95. The highest BCUT2D eigenvalue weighted by Crippen LogP contribution is 2.39. The molecule has 4 rings (SSSR count). The maximum absolute atomic E-state index is 11.7. The number of hydrogen-bond acceptors (Lipinski definition) is 5. The van der Waals surface area contributed by atoms with Crippen molar-refractivity contribution >= 4 is 29.8 Å². The number of nitrogens with zero attached hydrogens (tertiary/aromatic N) is 3. The molecule has 0 saturated carbocycles. The Morgan fingerprint density at radius 2 is 2.00 bits per heavy atom. The maximum Gasteiger partial charge on any atom is 0.496 e. The molecule has 2 saturated heterocycles. The van der Waals surface area contributed by atoms with E-state index in [4.69, 9.17) is 9.31 Å². The molecule has 0 spiro atoms. The summed E-state index contributed by atoms with van der Waals surface area (Å²) in [5.41, 5.74) is 1.92. The summed E-state index contributed by atoms with van der Waals surface area (Å²) in [4.78, 5) is 25.0. The van der Waals surface area contributed by atoms with Crippen molar-refractivity contribution < 1.29 is 19.2 Å². The molecule has 1 atom stereocenters. The van der Waals surface area contributed by atoms with E-state index in [1.165, 1.54) is 4.90 Å². The fourth-order valence-electron chi connectivity index (χ4n) is 3.73. The first kappa shape index (κ1) is 17.3. The zero-order chi connectivity index (χ0) is 18.7. The van der Waals surface area contributed by atoms with Crippen molar-refractivity contribution in [1.82, 2.24) is 19.9 Å². The Morgan fingerprint density at radius 3 is 2.65 bits per heavy atom. The second kappa shape index (κ2) is 5.69. The van der Waals surface area contributed by atoms with Crippen molar-refractivity contribution in [3.05, 3.63) is 18.1 Å². The number of H-pyrrole nitrogens is 1. The number of likely N-dealkylation sites (tertiary alicyclic amines) is 1. The first-order valence-corrected chi connectivity index (χ1v) is 8.88. The Morgan fingerprint density at radius 1 is 1.31 bits per heavy atom. The number of carboxylic acid groups (broad SMARTS) is 1. The first-order valence-electron chi connectivity index (χ1n) is 8.88. The molecule has 0 aromatic carbocycles. The van der Waals surface area contributed by atoms with Gasteiger partial charge in [0.05, 0.1) is 23.6 Å². The summed E-state index contributed by atoms with van der Waals surface area (Å²) in [6.45, 7) is 8.48. The monoisotopic (exact) mass is 358 g/mol. The number of aromatic nitrogens is 3. The molecule has 0 aliphatic carbocycles. The topological polar surface area (TPSA) is 101 Å². The van der Waals surface area contributed by atoms with Gasteiger partial charge in [0.2, 0.25) is 0 Å². The van der Waals surface area contributed by atoms with Crippen molar-refractivity contribution in [2.75, 3.05) is 6.54 Å². The van der Waals surface area contributed by atoms with Gasteiger partial charge in [-0.2, -0.15) is 0 Å².